The first kappa shape index (κ1) is 13.0. The molecule has 1 nitrogen and oxygen atoms in total. The Kier molecular flexibility index (Phi) is 6.41. The Labute approximate surface area is 94.6 Å². The molecule has 0 spiro atoms. The van der Waals surface area contributed by atoms with E-state index in [4.69, 9.17) is 0 Å². The van der Waals surface area contributed by atoms with E-state index in [9.17, 15) is 4.21 Å². The summed E-state index contributed by atoms with van der Waals surface area (Å²) in [5.41, 5.74) is 0. The van der Waals surface area contributed by atoms with E-state index in [-0.39, 0.29) is 18.9 Å². The van der Waals surface area contributed by atoms with E-state index < -0.39 is 10.8 Å². The number of rotatable bonds is 3. The van der Waals surface area contributed by atoms with Crippen molar-refractivity contribution < 1.29 is 23.1 Å². The summed E-state index contributed by atoms with van der Waals surface area (Å²) in [5.74, 6) is 2.21. The minimum absolute atomic E-state index is 0. The first-order valence-electron chi connectivity index (χ1n) is 4.01. The van der Waals surface area contributed by atoms with Crippen molar-refractivity contribution in [2.24, 2.45) is 5.92 Å². The Morgan fingerprint density at radius 3 is 2.23 bits per heavy atom. The van der Waals surface area contributed by atoms with E-state index in [1.54, 1.807) is 0 Å². The second kappa shape index (κ2) is 6.43. The Hall–Kier alpha value is -0.0326. The molecule has 0 aromatic heterocycles. The SMILES string of the molecule is CC(C)[CH-]S(=O)c1ccccc1.[Li+]. The van der Waals surface area contributed by atoms with Crippen LogP contribution in [0.1, 0.15) is 13.8 Å². The van der Waals surface area contributed by atoms with Crippen molar-refractivity contribution in [3.8, 4) is 0 Å². The van der Waals surface area contributed by atoms with Gasteiger partial charge in [0.1, 0.15) is 0 Å². The van der Waals surface area contributed by atoms with E-state index in [2.05, 4.69) is 0 Å². The molecule has 0 saturated heterocycles. The molecule has 1 aromatic carbocycles. The second-order valence-corrected chi connectivity index (χ2v) is 4.33. The van der Waals surface area contributed by atoms with Crippen LogP contribution in [0.4, 0.5) is 0 Å². The largest absolute Gasteiger partial charge is 1.00 e. The van der Waals surface area contributed by atoms with Gasteiger partial charge in [0.25, 0.3) is 0 Å². The fourth-order valence-corrected chi connectivity index (χ4v) is 1.96. The van der Waals surface area contributed by atoms with Gasteiger partial charge in [0.15, 0.2) is 0 Å². The van der Waals surface area contributed by atoms with Gasteiger partial charge in [-0.2, -0.15) is 5.92 Å². The minimum Gasteiger partial charge on any atom is -0.289 e. The molecule has 0 heterocycles. The average Bonchev–Trinajstić information content (AvgIpc) is 2.05. The van der Waals surface area contributed by atoms with Crippen molar-refractivity contribution in [2.45, 2.75) is 18.7 Å². The van der Waals surface area contributed by atoms with Gasteiger partial charge in [-0.3, -0.25) is 4.21 Å². The third-order valence-corrected chi connectivity index (χ3v) is 2.90. The van der Waals surface area contributed by atoms with Gasteiger partial charge in [0.2, 0.25) is 0 Å². The van der Waals surface area contributed by atoms with Crippen LogP contribution >= 0.6 is 0 Å². The number of hydrogen-bond donors (Lipinski definition) is 0. The van der Waals surface area contributed by atoms with Crippen LogP contribution < -0.4 is 18.9 Å². The van der Waals surface area contributed by atoms with Crippen LogP contribution in [0.15, 0.2) is 35.2 Å². The Morgan fingerprint density at radius 2 is 1.77 bits per heavy atom. The molecular weight excluding hydrogens is 175 g/mol. The number of hydrogen-bond acceptors (Lipinski definition) is 1. The van der Waals surface area contributed by atoms with Crippen LogP contribution in [-0.2, 0) is 10.8 Å². The molecule has 1 aromatic rings. The molecular formula is C10H13LiOS. The monoisotopic (exact) mass is 188 g/mol. The standard InChI is InChI=1S/C10H13OS.Li/c1-9(2)8-12(11)10-6-4-3-5-7-10;/h3-9H,1-2H3;/q-1;+1. The zero-order chi connectivity index (χ0) is 8.97. The molecule has 1 rings (SSSR count). The van der Waals surface area contributed by atoms with Crippen LogP contribution in [0.2, 0.25) is 0 Å². The summed E-state index contributed by atoms with van der Waals surface area (Å²) in [5, 5.41) is 0. The third kappa shape index (κ3) is 4.66. The van der Waals surface area contributed by atoms with Crippen LogP contribution in [0.5, 0.6) is 0 Å². The smallest absolute Gasteiger partial charge is 0.289 e. The maximum atomic E-state index is 11.5. The topological polar surface area (TPSA) is 17.1 Å². The molecule has 3 heteroatoms. The average molecular weight is 188 g/mol. The van der Waals surface area contributed by atoms with E-state index in [0.29, 0.717) is 5.92 Å². The molecule has 66 valence electrons. The van der Waals surface area contributed by atoms with Crippen molar-refractivity contribution in [3.63, 3.8) is 0 Å². The summed E-state index contributed by atoms with van der Waals surface area (Å²) in [4.78, 5) is 0.881. The molecule has 1 atom stereocenters. The van der Waals surface area contributed by atoms with Gasteiger partial charge < -0.3 is 0 Å². The maximum Gasteiger partial charge on any atom is 1.00 e. The van der Waals surface area contributed by atoms with Crippen molar-refractivity contribution >= 4 is 10.8 Å². The van der Waals surface area contributed by atoms with Crippen molar-refractivity contribution in [1.82, 2.24) is 0 Å². The molecule has 0 amide bonds. The predicted molar refractivity (Wildman–Crippen MR) is 52.0 cm³/mol. The molecule has 1 unspecified atom stereocenters. The minimum atomic E-state index is -0.939. The Bertz CT molecular complexity index is 259. The summed E-state index contributed by atoms with van der Waals surface area (Å²) in [6, 6.07) is 9.50. The van der Waals surface area contributed by atoms with Crippen LogP contribution in [0.25, 0.3) is 0 Å². The Morgan fingerprint density at radius 1 is 1.23 bits per heavy atom. The Balaban J connectivity index is 0.00000144. The molecule has 0 N–H and O–H groups in total. The molecule has 0 radical (unpaired) electrons. The quantitative estimate of drug-likeness (QED) is 0.466. The van der Waals surface area contributed by atoms with Gasteiger partial charge in [-0.05, 0) is 12.1 Å². The second-order valence-electron chi connectivity index (χ2n) is 2.99. The first-order valence-corrected chi connectivity index (χ1v) is 5.22. The molecule has 0 saturated carbocycles. The zero-order valence-electron chi connectivity index (χ0n) is 8.36. The van der Waals surface area contributed by atoms with Crippen molar-refractivity contribution in [2.75, 3.05) is 0 Å². The van der Waals surface area contributed by atoms with Gasteiger partial charge in [0.05, 0.1) is 0 Å². The molecule has 13 heavy (non-hydrogen) atoms. The summed E-state index contributed by atoms with van der Waals surface area (Å²) in [6.07, 6.45) is 0. The first-order chi connectivity index (χ1) is 5.70. The number of benzene rings is 1. The van der Waals surface area contributed by atoms with Gasteiger partial charge in [-0.15, -0.1) is 10.8 Å². The van der Waals surface area contributed by atoms with E-state index in [1.807, 2.05) is 49.9 Å². The molecule has 0 bridgehead atoms. The van der Waals surface area contributed by atoms with Gasteiger partial charge in [-0.1, -0.05) is 32.0 Å². The van der Waals surface area contributed by atoms with Crippen molar-refractivity contribution in [3.05, 3.63) is 36.1 Å². The molecule has 0 aliphatic rings. The van der Waals surface area contributed by atoms with Crippen LogP contribution in [0.3, 0.4) is 0 Å². The van der Waals surface area contributed by atoms with E-state index >= 15 is 0 Å². The molecule has 0 fully saturated rings. The van der Waals surface area contributed by atoms with Crippen molar-refractivity contribution in [1.29, 1.82) is 0 Å². The predicted octanol–water partition coefficient (Wildman–Crippen LogP) is -0.384. The van der Waals surface area contributed by atoms with Gasteiger partial charge in [0, 0.05) is 4.90 Å². The van der Waals surface area contributed by atoms with Gasteiger partial charge >= 0.3 is 18.9 Å². The zero-order valence-corrected chi connectivity index (χ0v) is 9.17. The normalized spacial score (nSPS) is 12.2. The third-order valence-electron chi connectivity index (χ3n) is 1.37. The van der Waals surface area contributed by atoms with Crippen LogP contribution in [-0.4, -0.2) is 4.21 Å². The summed E-state index contributed by atoms with van der Waals surface area (Å²) < 4.78 is 11.5. The summed E-state index contributed by atoms with van der Waals surface area (Å²) in [7, 11) is -0.939. The van der Waals surface area contributed by atoms with E-state index in [0.717, 1.165) is 4.90 Å². The van der Waals surface area contributed by atoms with E-state index in [1.165, 1.54) is 0 Å². The fraction of sp³-hybridized carbons (Fsp3) is 0.300. The van der Waals surface area contributed by atoms with Crippen LogP contribution in [0, 0.1) is 11.7 Å². The summed E-state index contributed by atoms with van der Waals surface area (Å²) >= 11 is 0. The maximum absolute atomic E-state index is 11.5. The van der Waals surface area contributed by atoms with Gasteiger partial charge in [-0.25, -0.2) is 5.75 Å². The molecule has 0 aliphatic heterocycles. The summed E-state index contributed by atoms with van der Waals surface area (Å²) in [6.45, 7) is 4.06. The fourth-order valence-electron chi connectivity index (χ4n) is 0.880. The molecule has 0 aliphatic carbocycles.